The minimum absolute atomic E-state index is 0.257. The number of hydrogen-bond donors (Lipinski definition) is 1. The van der Waals surface area contributed by atoms with Gasteiger partial charge in [0.25, 0.3) is 0 Å². The van der Waals surface area contributed by atoms with Crippen LogP contribution in [0.5, 0.6) is 0 Å². The lowest BCUT2D eigenvalue weighted by molar-refractivity contribution is 0.190. The summed E-state index contributed by atoms with van der Waals surface area (Å²) in [7, 11) is 1.66. The summed E-state index contributed by atoms with van der Waals surface area (Å²) in [4.78, 5) is 4.37. The van der Waals surface area contributed by atoms with Crippen molar-refractivity contribution in [3.63, 3.8) is 0 Å². The van der Waals surface area contributed by atoms with Crippen molar-refractivity contribution in [1.82, 2.24) is 9.55 Å². The fraction of sp³-hybridized carbons (Fsp3) is 0.400. The molecule has 6 heteroatoms. The van der Waals surface area contributed by atoms with E-state index in [4.69, 9.17) is 4.74 Å². The van der Waals surface area contributed by atoms with Gasteiger partial charge < -0.3 is 14.6 Å². The Kier molecular flexibility index (Phi) is 5.27. The molecule has 1 aromatic heterocycles. The number of aromatic nitrogens is 2. The molecule has 0 fully saturated rings. The number of ether oxygens (including phenoxy) is 1. The smallest absolute Gasteiger partial charge is 0.203 e. The normalized spacial score (nSPS) is 10.9. The molecule has 0 amide bonds. The summed E-state index contributed by atoms with van der Waals surface area (Å²) in [6.07, 6.45) is 2.80. The molecule has 0 unspecified atom stereocenters. The predicted molar refractivity (Wildman–Crippen MR) is 77.1 cm³/mol. The highest BCUT2D eigenvalue weighted by atomic mass is 19.1. The van der Waals surface area contributed by atoms with Crippen molar-refractivity contribution in [1.29, 1.82) is 0 Å². The Bertz CT molecular complexity index is 599. The van der Waals surface area contributed by atoms with E-state index in [1.807, 2.05) is 17.7 Å². The first-order valence-electron chi connectivity index (χ1n) is 6.80. The zero-order valence-electron chi connectivity index (χ0n) is 12.2. The molecule has 114 valence electrons. The predicted octanol–water partition coefficient (Wildman–Crippen LogP) is 3.12. The summed E-state index contributed by atoms with van der Waals surface area (Å²) >= 11 is 0. The van der Waals surface area contributed by atoms with Crippen LogP contribution >= 0.6 is 0 Å². The average Bonchev–Trinajstić information content (AvgIpc) is 2.78. The Labute approximate surface area is 122 Å². The average molecular weight is 295 g/mol. The largest absolute Gasteiger partial charge is 0.385 e. The van der Waals surface area contributed by atoms with E-state index in [1.165, 1.54) is 12.1 Å². The van der Waals surface area contributed by atoms with Crippen molar-refractivity contribution >= 4 is 5.95 Å². The number of imidazole rings is 1. The summed E-state index contributed by atoms with van der Waals surface area (Å²) in [6.45, 7) is 3.59. The summed E-state index contributed by atoms with van der Waals surface area (Å²) in [5, 5.41) is 3.09. The fourth-order valence-corrected chi connectivity index (χ4v) is 2.08. The first-order valence-corrected chi connectivity index (χ1v) is 6.80. The van der Waals surface area contributed by atoms with Crippen LogP contribution in [-0.4, -0.2) is 23.3 Å². The second kappa shape index (κ2) is 7.17. The molecule has 2 rings (SSSR count). The molecule has 0 atom stereocenters. The number of halogens is 2. The number of nitrogens with one attached hydrogen (secondary N) is 1. The van der Waals surface area contributed by atoms with Gasteiger partial charge >= 0.3 is 0 Å². The van der Waals surface area contributed by atoms with Gasteiger partial charge in [0.1, 0.15) is 11.6 Å². The Hall–Kier alpha value is -1.95. The van der Waals surface area contributed by atoms with E-state index in [0.717, 1.165) is 24.7 Å². The van der Waals surface area contributed by atoms with Gasteiger partial charge in [-0.25, -0.2) is 13.8 Å². The van der Waals surface area contributed by atoms with Crippen LogP contribution in [0.15, 0.2) is 24.4 Å². The minimum Gasteiger partial charge on any atom is -0.385 e. The van der Waals surface area contributed by atoms with Crippen molar-refractivity contribution in [2.45, 2.75) is 26.4 Å². The van der Waals surface area contributed by atoms with Crippen LogP contribution in [0, 0.1) is 18.6 Å². The third-order valence-electron chi connectivity index (χ3n) is 3.10. The summed E-state index contributed by atoms with van der Waals surface area (Å²) in [5.41, 5.74) is 1.29. The quantitative estimate of drug-likeness (QED) is 0.798. The first-order chi connectivity index (χ1) is 10.1. The van der Waals surface area contributed by atoms with Crippen molar-refractivity contribution in [3.8, 4) is 0 Å². The first kappa shape index (κ1) is 15.4. The molecule has 1 N–H and O–H groups in total. The molecular formula is C15H19F2N3O. The lowest BCUT2D eigenvalue weighted by Crippen LogP contribution is -2.09. The van der Waals surface area contributed by atoms with E-state index in [9.17, 15) is 8.78 Å². The van der Waals surface area contributed by atoms with E-state index < -0.39 is 11.6 Å². The second-order valence-corrected chi connectivity index (χ2v) is 4.83. The number of hydrogen-bond acceptors (Lipinski definition) is 3. The van der Waals surface area contributed by atoms with E-state index in [0.29, 0.717) is 18.1 Å². The Balaban J connectivity index is 2.02. The molecule has 0 saturated heterocycles. The lowest BCUT2D eigenvalue weighted by atomic mass is 10.2. The van der Waals surface area contributed by atoms with Crippen LogP contribution in [0.2, 0.25) is 0 Å². The van der Waals surface area contributed by atoms with Crippen LogP contribution in [-0.2, 0) is 17.8 Å². The lowest BCUT2D eigenvalue weighted by Gasteiger charge is -2.10. The zero-order chi connectivity index (χ0) is 15.2. The molecule has 4 nitrogen and oxygen atoms in total. The van der Waals surface area contributed by atoms with Crippen molar-refractivity contribution in [3.05, 3.63) is 47.3 Å². The minimum atomic E-state index is -0.576. The molecule has 0 aliphatic heterocycles. The summed E-state index contributed by atoms with van der Waals surface area (Å²) in [6, 6.07) is 3.56. The maximum absolute atomic E-state index is 13.6. The molecule has 0 saturated carbocycles. The van der Waals surface area contributed by atoms with Gasteiger partial charge in [0, 0.05) is 44.6 Å². The van der Waals surface area contributed by atoms with Gasteiger partial charge in [-0.15, -0.1) is 0 Å². The maximum Gasteiger partial charge on any atom is 0.203 e. The van der Waals surface area contributed by atoms with E-state index >= 15 is 0 Å². The van der Waals surface area contributed by atoms with Crippen LogP contribution in [0.4, 0.5) is 14.7 Å². The SMILES string of the molecule is COCCCn1cc(C)nc1NCc1ccc(F)cc1F. The number of methoxy groups -OCH3 is 1. The van der Waals surface area contributed by atoms with Crippen LogP contribution < -0.4 is 5.32 Å². The van der Waals surface area contributed by atoms with Crippen molar-refractivity contribution < 1.29 is 13.5 Å². The topological polar surface area (TPSA) is 39.1 Å². The standard InChI is InChI=1S/C15H19F2N3O/c1-11-10-20(6-3-7-21-2)15(19-11)18-9-12-4-5-13(16)8-14(12)17/h4-5,8,10H,3,6-7,9H2,1-2H3,(H,18,19). The van der Waals surface area contributed by atoms with Gasteiger partial charge in [-0.3, -0.25) is 0 Å². The number of rotatable bonds is 7. The molecule has 0 bridgehead atoms. The van der Waals surface area contributed by atoms with Crippen LogP contribution in [0.25, 0.3) is 0 Å². The number of benzene rings is 1. The van der Waals surface area contributed by atoms with Gasteiger partial charge in [0.2, 0.25) is 5.95 Å². The molecule has 0 radical (unpaired) electrons. The van der Waals surface area contributed by atoms with Gasteiger partial charge in [-0.1, -0.05) is 6.07 Å². The monoisotopic (exact) mass is 295 g/mol. The van der Waals surface area contributed by atoms with Gasteiger partial charge in [0.15, 0.2) is 0 Å². The van der Waals surface area contributed by atoms with Gasteiger partial charge in [0.05, 0.1) is 5.69 Å². The van der Waals surface area contributed by atoms with Crippen LogP contribution in [0.1, 0.15) is 17.7 Å². The molecule has 21 heavy (non-hydrogen) atoms. The Morgan fingerprint density at radius 3 is 2.86 bits per heavy atom. The van der Waals surface area contributed by atoms with Gasteiger partial charge in [-0.05, 0) is 19.4 Å². The molecule has 2 aromatic rings. The number of nitrogens with zero attached hydrogens (tertiary/aromatic N) is 2. The highest BCUT2D eigenvalue weighted by Gasteiger charge is 2.08. The number of aryl methyl sites for hydroxylation is 2. The van der Waals surface area contributed by atoms with Crippen molar-refractivity contribution in [2.24, 2.45) is 0 Å². The molecule has 1 heterocycles. The summed E-state index contributed by atoms with van der Waals surface area (Å²) in [5.74, 6) is -0.461. The van der Waals surface area contributed by atoms with E-state index in [2.05, 4.69) is 10.3 Å². The molecule has 1 aromatic carbocycles. The van der Waals surface area contributed by atoms with E-state index in [-0.39, 0.29) is 6.54 Å². The van der Waals surface area contributed by atoms with Crippen LogP contribution in [0.3, 0.4) is 0 Å². The third kappa shape index (κ3) is 4.26. The molecular weight excluding hydrogens is 276 g/mol. The maximum atomic E-state index is 13.6. The summed E-state index contributed by atoms with van der Waals surface area (Å²) < 4.78 is 33.4. The number of anilines is 1. The second-order valence-electron chi connectivity index (χ2n) is 4.83. The van der Waals surface area contributed by atoms with E-state index in [1.54, 1.807) is 7.11 Å². The van der Waals surface area contributed by atoms with Gasteiger partial charge in [-0.2, -0.15) is 0 Å². The third-order valence-corrected chi connectivity index (χ3v) is 3.10. The Morgan fingerprint density at radius 2 is 2.14 bits per heavy atom. The molecule has 0 spiro atoms. The Morgan fingerprint density at radius 1 is 1.33 bits per heavy atom. The highest BCUT2D eigenvalue weighted by Crippen LogP contribution is 2.14. The van der Waals surface area contributed by atoms with Crippen molar-refractivity contribution in [2.75, 3.05) is 19.0 Å². The zero-order valence-corrected chi connectivity index (χ0v) is 12.2. The molecule has 0 aliphatic carbocycles. The highest BCUT2D eigenvalue weighted by molar-refractivity contribution is 5.31. The molecule has 0 aliphatic rings. The fourth-order valence-electron chi connectivity index (χ4n) is 2.08.